The van der Waals surface area contributed by atoms with Crippen LogP contribution >= 0.6 is 0 Å². The van der Waals surface area contributed by atoms with Crippen LogP contribution in [-0.2, 0) is 9.47 Å². The summed E-state index contributed by atoms with van der Waals surface area (Å²) >= 11 is 0. The highest BCUT2D eigenvalue weighted by molar-refractivity contribution is 5.80. The molecule has 2 N–H and O–H groups in total. The van der Waals surface area contributed by atoms with Crippen molar-refractivity contribution in [2.45, 2.75) is 32.7 Å². The van der Waals surface area contributed by atoms with Crippen LogP contribution in [0.25, 0.3) is 0 Å². The van der Waals surface area contributed by atoms with Gasteiger partial charge in [-0.3, -0.25) is 4.99 Å². The minimum atomic E-state index is -0.208. The van der Waals surface area contributed by atoms with E-state index >= 15 is 0 Å². The number of likely N-dealkylation sites (tertiary alicyclic amines) is 1. The van der Waals surface area contributed by atoms with E-state index in [0.29, 0.717) is 12.6 Å². The van der Waals surface area contributed by atoms with Crippen molar-refractivity contribution in [1.29, 1.82) is 0 Å². The molecule has 0 aromatic carbocycles. The van der Waals surface area contributed by atoms with Crippen molar-refractivity contribution < 1.29 is 14.3 Å². The highest BCUT2D eigenvalue weighted by atomic mass is 16.6. The predicted octanol–water partition coefficient (Wildman–Crippen LogP) is 0.741. The highest BCUT2D eigenvalue weighted by Gasteiger charge is 2.23. The van der Waals surface area contributed by atoms with Gasteiger partial charge >= 0.3 is 6.09 Å². The average Bonchev–Trinajstić information content (AvgIpc) is 2.61. The summed E-state index contributed by atoms with van der Waals surface area (Å²) < 4.78 is 10.1. The smallest absolute Gasteiger partial charge is 0.409 e. The zero-order valence-electron chi connectivity index (χ0n) is 16.2. The Labute approximate surface area is 151 Å². The molecule has 0 saturated carbocycles. The lowest BCUT2D eigenvalue weighted by Crippen LogP contribution is -2.50. The number of likely N-dealkylation sites (N-methyl/N-ethyl adjacent to an activating group) is 1. The van der Waals surface area contributed by atoms with E-state index in [1.807, 2.05) is 6.92 Å². The van der Waals surface area contributed by atoms with Gasteiger partial charge < -0.3 is 29.9 Å². The quantitative estimate of drug-likeness (QED) is 0.468. The summed E-state index contributed by atoms with van der Waals surface area (Å²) in [5.41, 5.74) is 0. The first-order valence-electron chi connectivity index (χ1n) is 9.24. The third-order valence-corrected chi connectivity index (χ3v) is 4.13. The zero-order valence-corrected chi connectivity index (χ0v) is 16.2. The molecule has 0 aliphatic carbocycles. The number of hydrogen-bond donors (Lipinski definition) is 2. The van der Waals surface area contributed by atoms with Gasteiger partial charge in [-0.2, -0.15) is 0 Å². The van der Waals surface area contributed by atoms with E-state index in [2.05, 4.69) is 34.5 Å². The van der Waals surface area contributed by atoms with Gasteiger partial charge in [-0.05, 0) is 33.7 Å². The third-order valence-electron chi connectivity index (χ3n) is 4.13. The molecule has 8 heteroatoms. The van der Waals surface area contributed by atoms with Crippen LogP contribution in [0.5, 0.6) is 0 Å². The molecule has 8 nitrogen and oxygen atoms in total. The van der Waals surface area contributed by atoms with E-state index in [4.69, 9.17) is 9.47 Å². The van der Waals surface area contributed by atoms with Crippen molar-refractivity contribution in [1.82, 2.24) is 20.4 Å². The van der Waals surface area contributed by atoms with Gasteiger partial charge in [0.15, 0.2) is 5.96 Å². The SMILES string of the molecule is CCNC(=NCCN(C)CCOC)NC1CCN(C(=O)OCC)CC1. The van der Waals surface area contributed by atoms with Gasteiger partial charge in [-0.15, -0.1) is 0 Å². The van der Waals surface area contributed by atoms with Gasteiger partial charge in [0.1, 0.15) is 0 Å². The number of guanidine groups is 1. The van der Waals surface area contributed by atoms with Crippen LogP contribution < -0.4 is 10.6 Å². The molecule has 1 fully saturated rings. The van der Waals surface area contributed by atoms with E-state index in [9.17, 15) is 4.79 Å². The maximum absolute atomic E-state index is 11.7. The summed E-state index contributed by atoms with van der Waals surface area (Å²) in [6, 6.07) is 0.328. The van der Waals surface area contributed by atoms with E-state index < -0.39 is 0 Å². The average molecular weight is 357 g/mol. The molecule has 1 heterocycles. The van der Waals surface area contributed by atoms with Crippen molar-refractivity contribution in [2.75, 3.05) is 66.6 Å². The number of methoxy groups -OCH3 is 1. The summed E-state index contributed by atoms with van der Waals surface area (Å²) in [7, 11) is 3.78. The van der Waals surface area contributed by atoms with E-state index in [1.54, 1.807) is 12.0 Å². The second-order valence-electron chi connectivity index (χ2n) is 6.16. The summed E-state index contributed by atoms with van der Waals surface area (Å²) in [5, 5.41) is 6.77. The molecule has 0 aromatic heterocycles. The monoisotopic (exact) mass is 357 g/mol. The molecule has 0 aromatic rings. The van der Waals surface area contributed by atoms with Crippen LogP contribution in [0.1, 0.15) is 26.7 Å². The Morgan fingerprint density at radius 1 is 1.28 bits per heavy atom. The Morgan fingerprint density at radius 2 is 2.00 bits per heavy atom. The Morgan fingerprint density at radius 3 is 2.60 bits per heavy atom. The summed E-state index contributed by atoms with van der Waals surface area (Å²) in [5.74, 6) is 0.845. The Balaban J connectivity index is 2.37. The number of aliphatic imine (C=N–C) groups is 1. The fourth-order valence-electron chi connectivity index (χ4n) is 2.63. The minimum absolute atomic E-state index is 0.208. The van der Waals surface area contributed by atoms with Gasteiger partial charge in [0, 0.05) is 45.9 Å². The third kappa shape index (κ3) is 8.92. The normalized spacial score (nSPS) is 16.2. The van der Waals surface area contributed by atoms with Gasteiger partial charge in [0.2, 0.25) is 0 Å². The number of hydrogen-bond acceptors (Lipinski definition) is 5. The number of nitrogens with zero attached hydrogens (tertiary/aromatic N) is 3. The molecule has 0 bridgehead atoms. The highest BCUT2D eigenvalue weighted by Crippen LogP contribution is 2.11. The molecule has 1 aliphatic rings. The fourth-order valence-corrected chi connectivity index (χ4v) is 2.63. The molecule has 1 saturated heterocycles. The molecular weight excluding hydrogens is 322 g/mol. The van der Waals surface area contributed by atoms with E-state index in [-0.39, 0.29) is 6.09 Å². The zero-order chi connectivity index (χ0) is 18.5. The van der Waals surface area contributed by atoms with Crippen LogP contribution in [0.2, 0.25) is 0 Å². The van der Waals surface area contributed by atoms with Crippen molar-refractivity contribution >= 4 is 12.1 Å². The summed E-state index contributed by atoms with van der Waals surface area (Å²) in [6.07, 6.45) is 1.59. The molecule has 0 unspecified atom stereocenters. The van der Waals surface area contributed by atoms with Crippen LogP contribution in [0, 0.1) is 0 Å². The molecule has 0 spiro atoms. The molecule has 146 valence electrons. The maximum atomic E-state index is 11.7. The first-order valence-corrected chi connectivity index (χ1v) is 9.24. The van der Waals surface area contributed by atoms with Crippen molar-refractivity contribution in [2.24, 2.45) is 4.99 Å². The molecule has 25 heavy (non-hydrogen) atoms. The second-order valence-corrected chi connectivity index (χ2v) is 6.16. The van der Waals surface area contributed by atoms with Gasteiger partial charge in [0.25, 0.3) is 0 Å². The lowest BCUT2D eigenvalue weighted by atomic mass is 10.1. The van der Waals surface area contributed by atoms with Crippen molar-refractivity contribution in [3.05, 3.63) is 0 Å². The van der Waals surface area contributed by atoms with Crippen LogP contribution in [-0.4, -0.2) is 94.5 Å². The fraction of sp³-hybridized carbons (Fsp3) is 0.882. The van der Waals surface area contributed by atoms with Gasteiger partial charge in [0.05, 0.1) is 19.8 Å². The Hall–Kier alpha value is -1.54. The number of ether oxygens (including phenoxy) is 2. The van der Waals surface area contributed by atoms with E-state index in [0.717, 1.165) is 64.7 Å². The number of rotatable bonds is 9. The lowest BCUT2D eigenvalue weighted by Gasteiger charge is -2.32. The first kappa shape index (κ1) is 21.5. The number of nitrogens with one attached hydrogen (secondary N) is 2. The Kier molecular flexibility index (Phi) is 11.0. The summed E-state index contributed by atoms with van der Waals surface area (Å²) in [4.78, 5) is 20.4. The number of carbonyl (C=O) groups is 1. The van der Waals surface area contributed by atoms with Gasteiger partial charge in [-0.1, -0.05) is 0 Å². The molecule has 1 amide bonds. The number of piperidine rings is 1. The second kappa shape index (κ2) is 12.8. The van der Waals surface area contributed by atoms with Gasteiger partial charge in [-0.25, -0.2) is 4.79 Å². The first-order chi connectivity index (χ1) is 12.1. The number of carbonyl (C=O) groups excluding carboxylic acids is 1. The predicted molar refractivity (Wildman–Crippen MR) is 100 cm³/mol. The molecule has 1 aliphatic heterocycles. The molecule has 0 radical (unpaired) electrons. The largest absolute Gasteiger partial charge is 0.450 e. The van der Waals surface area contributed by atoms with Crippen molar-refractivity contribution in [3.63, 3.8) is 0 Å². The molecule has 0 atom stereocenters. The number of amides is 1. The molecule has 1 rings (SSSR count). The minimum Gasteiger partial charge on any atom is -0.450 e. The molecular formula is C17H35N5O3. The van der Waals surface area contributed by atoms with Crippen LogP contribution in [0.15, 0.2) is 4.99 Å². The summed E-state index contributed by atoms with van der Waals surface area (Å²) in [6.45, 7) is 9.84. The topological polar surface area (TPSA) is 78.4 Å². The van der Waals surface area contributed by atoms with Crippen molar-refractivity contribution in [3.8, 4) is 0 Å². The Bertz CT molecular complexity index is 398. The lowest BCUT2D eigenvalue weighted by molar-refractivity contribution is 0.0963. The maximum Gasteiger partial charge on any atom is 0.409 e. The standard InChI is InChI=1S/C17H35N5O3/c1-5-18-16(19-9-12-21(3)13-14-24-4)20-15-7-10-22(11-8-15)17(23)25-6-2/h15H,5-14H2,1-4H3,(H2,18,19,20). The van der Waals surface area contributed by atoms with Crippen LogP contribution in [0.3, 0.4) is 0 Å². The van der Waals surface area contributed by atoms with E-state index in [1.165, 1.54) is 0 Å². The van der Waals surface area contributed by atoms with Crippen LogP contribution in [0.4, 0.5) is 4.79 Å².